The summed E-state index contributed by atoms with van der Waals surface area (Å²) in [5, 5.41) is 3.07. The Kier molecular flexibility index (Phi) is 5.11. The largest absolute Gasteiger partial charge is 0.378 e. The third-order valence-corrected chi connectivity index (χ3v) is 3.35. The molecule has 0 unspecified atom stereocenters. The molecule has 2 aromatic rings. The molecule has 0 spiro atoms. The number of hydrogen-bond donors (Lipinski definition) is 1. The van der Waals surface area contributed by atoms with Crippen molar-refractivity contribution in [2.45, 2.75) is 0 Å². The molecule has 0 aliphatic carbocycles. The van der Waals surface area contributed by atoms with Gasteiger partial charge < -0.3 is 10.2 Å². The quantitative estimate of drug-likeness (QED) is 0.509. The van der Waals surface area contributed by atoms with Gasteiger partial charge in [-0.1, -0.05) is 0 Å². The summed E-state index contributed by atoms with van der Waals surface area (Å²) in [5.41, 5.74) is 2.61. The number of pyridine rings is 1. The van der Waals surface area contributed by atoms with Gasteiger partial charge in [0.25, 0.3) is 0 Å². The van der Waals surface area contributed by atoms with Gasteiger partial charge in [0.15, 0.2) is 5.78 Å². The summed E-state index contributed by atoms with van der Waals surface area (Å²) in [6, 6.07) is 11.4. The highest BCUT2D eigenvalue weighted by molar-refractivity contribution is 9.10. The monoisotopic (exact) mass is 345 g/mol. The van der Waals surface area contributed by atoms with Gasteiger partial charge in [-0.25, -0.2) is 4.98 Å². The van der Waals surface area contributed by atoms with Crippen molar-refractivity contribution in [2.24, 2.45) is 0 Å². The van der Waals surface area contributed by atoms with Crippen molar-refractivity contribution in [2.75, 3.05) is 24.3 Å². The average molecular weight is 346 g/mol. The molecule has 1 heterocycles. The Hall–Kier alpha value is -2.14. The van der Waals surface area contributed by atoms with Gasteiger partial charge in [0.1, 0.15) is 4.60 Å². The number of ketones is 1. The van der Waals surface area contributed by atoms with Crippen LogP contribution in [0.1, 0.15) is 10.4 Å². The van der Waals surface area contributed by atoms with Gasteiger partial charge in [-0.3, -0.25) is 4.79 Å². The van der Waals surface area contributed by atoms with E-state index in [1.54, 1.807) is 24.5 Å². The molecule has 0 aliphatic rings. The highest BCUT2D eigenvalue weighted by Gasteiger charge is 2.01. The molecule has 0 atom stereocenters. The Bertz CT molecular complexity index is 634. The van der Waals surface area contributed by atoms with Gasteiger partial charge in [0.2, 0.25) is 0 Å². The first-order valence-electron chi connectivity index (χ1n) is 6.42. The zero-order valence-electron chi connectivity index (χ0n) is 11.9. The highest BCUT2D eigenvalue weighted by atomic mass is 79.9. The molecular formula is C16H16BrN3O. The van der Waals surface area contributed by atoms with E-state index >= 15 is 0 Å². The minimum Gasteiger partial charge on any atom is -0.378 e. The average Bonchev–Trinajstić information content (AvgIpc) is 2.48. The number of halogens is 1. The number of nitrogens with zero attached hydrogens (tertiary/aromatic N) is 2. The molecule has 108 valence electrons. The zero-order chi connectivity index (χ0) is 15.2. The third kappa shape index (κ3) is 4.43. The van der Waals surface area contributed by atoms with Crippen molar-refractivity contribution < 1.29 is 4.79 Å². The van der Waals surface area contributed by atoms with Crippen LogP contribution in [-0.4, -0.2) is 24.9 Å². The summed E-state index contributed by atoms with van der Waals surface area (Å²) in [6.45, 7) is 0. The number of carbonyl (C=O) groups is 1. The van der Waals surface area contributed by atoms with Crippen LogP contribution in [0.2, 0.25) is 0 Å². The number of anilines is 2. The fraction of sp³-hybridized carbons (Fsp3) is 0.125. The van der Waals surface area contributed by atoms with Crippen LogP contribution in [-0.2, 0) is 0 Å². The van der Waals surface area contributed by atoms with Crippen LogP contribution in [0.3, 0.4) is 0 Å². The van der Waals surface area contributed by atoms with E-state index in [4.69, 9.17) is 0 Å². The normalized spacial score (nSPS) is 10.6. The van der Waals surface area contributed by atoms with E-state index in [0.717, 1.165) is 11.4 Å². The van der Waals surface area contributed by atoms with Gasteiger partial charge in [-0.2, -0.15) is 0 Å². The first kappa shape index (κ1) is 15.3. The minimum absolute atomic E-state index is 0.0904. The first-order chi connectivity index (χ1) is 10.1. The van der Waals surface area contributed by atoms with E-state index in [-0.39, 0.29) is 5.78 Å². The SMILES string of the molecule is CN(C)c1ccc(NC=CC(=O)c2ccc(Br)nc2)cc1. The molecule has 1 aromatic heterocycles. The summed E-state index contributed by atoms with van der Waals surface area (Å²) < 4.78 is 0.710. The predicted octanol–water partition coefficient (Wildman–Crippen LogP) is 3.72. The fourth-order valence-corrected chi connectivity index (χ4v) is 1.92. The molecule has 4 nitrogen and oxygen atoms in total. The second kappa shape index (κ2) is 7.04. The van der Waals surface area contributed by atoms with Gasteiger partial charge in [-0.05, 0) is 52.3 Å². The van der Waals surface area contributed by atoms with E-state index < -0.39 is 0 Å². The molecule has 21 heavy (non-hydrogen) atoms. The molecule has 0 bridgehead atoms. The number of nitrogens with one attached hydrogen (secondary N) is 1. The number of aromatic nitrogens is 1. The van der Waals surface area contributed by atoms with E-state index in [1.807, 2.05) is 43.3 Å². The summed E-state index contributed by atoms with van der Waals surface area (Å²) in [7, 11) is 3.99. The number of allylic oxidation sites excluding steroid dienone is 1. The Morgan fingerprint density at radius 1 is 1.19 bits per heavy atom. The van der Waals surface area contributed by atoms with Crippen LogP contribution in [0.4, 0.5) is 11.4 Å². The van der Waals surface area contributed by atoms with Crippen molar-refractivity contribution in [1.82, 2.24) is 4.98 Å². The lowest BCUT2D eigenvalue weighted by Crippen LogP contribution is -2.08. The lowest BCUT2D eigenvalue weighted by molar-refractivity contribution is 0.104. The fourth-order valence-electron chi connectivity index (χ4n) is 1.69. The Morgan fingerprint density at radius 3 is 2.48 bits per heavy atom. The van der Waals surface area contributed by atoms with Crippen molar-refractivity contribution in [3.05, 3.63) is 65.0 Å². The molecule has 1 N–H and O–H groups in total. The Labute approximate surface area is 132 Å². The summed E-state index contributed by atoms with van der Waals surface area (Å²) >= 11 is 3.24. The zero-order valence-corrected chi connectivity index (χ0v) is 13.5. The van der Waals surface area contributed by atoms with Gasteiger partial charge in [0.05, 0.1) is 0 Å². The van der Waals surface area contributed by atoms with Crippen LogP contribution in [0.5, 0.6) is 0 Å². The van der Waals surface area contributed by atoms with E-state index in [2.05, 4.69) is 26.2 Å². The number of benzene rings is 1. The van der Waals surface area contributed by atoms with Crippen molar-refractivity contribution >= 4 is 33.1 Å². The first-order valence-corrected chi connectivity index (χ1v) is 7.22. The number of rotatable bonds is 5. The molecule has 5 heteroatoms. The van der Waals surface area contributed by atoms with Gasteiger partial charge in [0, 0.05) is 49.5 Å². The molecule has 0 saturated heterocycles. The predicted molar refractivity (Wildman–Crippen MR) is 89.8 cm³/mol. The van der Waals surface area contributed by atoms with E-state index in [1.165, 1.54) is 6.08 Å². The smallest absolute Gasteiger partial charge is 0.188 e. The molecule has 2 rings (SSSR count). The second-order valence-electron chi connectivity index (χ2n) is 4.65. The van der Waals surface area contributed by atoms with Crippen LogP contribution in [0, 0.1) is 0 Å². The molecule has 1 aromatic carbocycles. The Morgan fingerprint density at radius 2 is 1.90 bits per heavy atom. The molecule has 0 fully saturated rings. The number of carbonyl (C=O) groups excluding carboxylic acids is 1. The standard InChI is InChI=1S/C16H16BrN3O/c1-20(2)14-6-4-13(5-7-14)18-10-9-15(21)12-3-8-16(17)19-11-12/h3-11,18H,1-2H3. The summed E-state index contributed by atoms with van der Waals surface area (Å²) in [5.74, 6) is -0.0904. The molecular weight excluding hydrogens is 330 g/mol. The topological polar surface area (TPSA) is 45.2 Å². The maximum absolute atomic E-state index is 11.9. The van der Waals surface area contributed by atoms with Crippen LogP contribution in [0.15, 0.2) is 59.5 Å². The maximum Gasteiger partial charge on any atom is 0.188 e. The molecule has 0 radical (unpaired) electrons. The lowest BCUT2D eigenvalue weighted by atomic mass is 10.2. The maximum atomic E-state index is 11.9. The van der Waals surface area contributed by atoms with E-state index in [9.17, 15) is 4.79 Å². The molecule has 0 saturated carbocycles. The third-order valence-electron chi connectivity index (χ3n) is 2.88. The lowest BCUT2D eigenvalue weighted by Gasteiger charge is -2.12. The molecule has 0 aliphatic heterocycles. The molecule has 0 amide bonds. The second-order valence-corrected chi connectivity index (χ2v) is 5.47. The van der Waals surface area contributed by atoms with Crippen LogP contribution < -0.4 is 10.2 Å². The van der Waals surface area contributed by atoms with Crippen LogP contribution in [0.25, 0.3) is 0 Å². The van der Waals surface area contributed by atoms with Crippen molar-refractivity contribution in [1.29, 1.82) is 0 Å². The van der Waals surface area contributed by atoms with E-state index in [0.29, 0.717) is 10.2 Å². The summed E-state index contributed by atoms with van der Waals surface area (Å²) in [6.07, 6.45) is 4.67. The Balaban J connectivity index is 1.95. The minimum atomic E-state index is -0.0904. The van der Waals surface area contributed by atoms with Crippen molar-refractivity contribution in [3.63, 3.8) is 0 Å². The van der Waals surface area contributed by atoms with Crippen molar-refractivity contribution in [3.8, 4) is 0 Å². The van der Waals surface area contributed by atoms with Crippen LogP contribution >= 0.6 is 15.9 Å². The summed E-state index contributed by atoms with van der Waals surface area (Å²) in [4.78, 5) is 18.0. The van der Waals surface area contributed by atoms with Gasteiger partial charge in [-0.15, -0.1) is 0 Å². The number of hydrogen-bond acceptors (Lipinski definition) is 4. The van der Waals surface area contributed by atoms with Gasteiger partial charge >= 0.3 is 0 Å². The highest BCUT2D eigenvalue weighted by Crippen LogP contribution is 2.15.